The predicted molar refractivity (Wildman–Crippen MR) is 92.2 cm³/mol. The van der Waals surface area contributed by atoms with Crippen molar-refractivity contribution < 1.29 is 9.59 Å². The van der Waals surface area contributed by atoms with Crippen LogP contribution in [0.5, 0.6) is 0 Å². The van der Waals surface area contributed by atoms with Gasteiger partial charge in [0.1, 0.15) is 12.0 Å². The molecule has 2 aliphatic heterocycles. The maximum Gasteiger partial charge on any atom is 0.274 e. The van der Waals surface area contributed by atoms with Gasteiger partial charge < -0.3 is 10.2 Å². The van der Waals surface area contributed by atoms with E-state index in [1.807, 2.05) is 4.90 Å². The van der Waals surface area contributed by atoms with Crippen molar-refractivity contribution in [2.45, 2.75) is 50.6 Å². The van der Waals surface area contributed by atoms with Crippen molar-refractivity contribution in [2.75, 3.05) is 6.54 Å². The van der Waals surface area contributed by atoms with Crippen LogP contribution in [0, 0.1) is 11.8 Å². The third kappa shape index (κ3) is 2.73. The standard InChI is InChI=1S/C18H22N6O2/c25-17(5-11-1-2-11)20-7-12-6-13-3-4-15(12)24(13)18(26)14-9-23-10-21-22-16(23)8-19-14/h8-13,15H,1-7H2,(H,20,25). The summed E-state index contributed by atoms with van der Waals surface area (Å²) in [5, 5.41) is 10.8. The monoisotopic (exact) mass is 354 g/mol. The number of carbonyl (C=O) groups is 2. The number of nitrogens with one attached hydrogen (secondary N) is 1. The average Bonchev–Trinajstić information content (AvgIpc) is 3.08. The number of hydrogen-bond donors (Lipinski definition) is 1. The van der Waals surface area contributed by atoms with Crippen LogP contribution in [-0.2, 0) is 4.79 Å². The lowest BCUT2D eigenvalue weighted by atomic mass is 9.89. The molecule has 2 bridgehead atoms. The SMILES string of the molecule is O=C(CC1CC1)NCC1CC2CCC1N2C(=O)c1cn2cnnc2cn1. The van der Waals surface area contributed by atoms with Crippen LogP contribution >= 0.6 is 0 Å². The Kier molecular flexibility index (Phi) is 3.65. The lowest BCUT2D eigenvalue weighted by Crippen LogP contribution is -2.39. The van der Waals surface area contributed by atoms with Gasteiger partial charge in [0.15, 0.2) is 5.65 Å². The molecule has 5 rings (SSSR count). The van der Waals surface area contributed by atoms with Crippen LogP contribution in [0.3, 0.4) is 0 Å². The van der Waals surface area contributed by atoms with Gasteiger partial charge in [-0.15, -0.1) is 10.2 Å². The zero-order chi connectivity index (χ0) is 17.7. The Morgan fingerprint density at radius 2 is 2.12 bits per heavy atom. The lowest BCUT2D eigenvalue weighted by Gasteiger charge is -2.24. The normalized spacial score (nSPS) is 27.2. The highest BCUT2D eigenvalue weighted by Gasteiger charge is 2.48. The van der Waals surface area contributed by atoms with E-state index in [2.05, 4.69) is 20.5 Å². The zero-order valence-corrected chi connectivity index (χ0v) is 14.5. The highest BCUT2D eigenvalue weighted by molar-refractivity contribution is 5.93. The minimum absolute atomic E-state index is 0.0279. The third-order valence-corrected chi connectivity index (χ3v) is 6.03. The van der Waals surface area contributed by atoms with Crippen molar-refractivity contribution in [1.29, 1.82) is 0 Å². The van der Waals surface area contributed by atoms with Gasteiger partial charge in [-0.05, 0) is 43.9 Å². The predicted octanol–water partition coefficient (Wildman–Crippen LogP) is 1.03. The van der Waals surface area contributed by atoms with E-state index < -0.39 is 0 Å². The Hall–Kier alpha value is -2.51. The van der Waals surface area contributed by atoms with Crippen LogP contribution in [0.25, 0.3) is 5.65 Å². The molecule has 0 spiro atoms. The number of nitrogens with zero attached hydrogens (tertiary/aromatic N) is 5. The average molecular weight is 354 g/mol. The summed E-state index contributed by atoms with van der Waals surface area (Å²) in [6.07, 6.45) is 10.9. The summed E-state index contributed by atoms with van der Waals surface area (Å²) in [4.78, 5) is 31.3. The molecule has 3 aliphatic rings. The van der Waals surface area contributed by atoms with E-state index in [0.717, 1.165) is 19.3 Å². The maximum atomic E-state index is 13.0. The number of rotatable bonds is 5. The Balaban J connectivity index is 1.27. The van der Waals surface area contributed by atoms with Gasteiger partial charge in [0.2, 0.25) is 5.91 Å². The van der Waals surface area contributed by atoms with Gasteiger partial charge in [-0.2, -0.15) is 0 Å². The molecule has 0 radical (unpaired) electrons. The van der Waals surface area contributed by atoms with E-state index in [1.54, 1.807) is 23.1 Å². The molecule has 1 N–H and O–H groups in total. The second kappa shape index (κ2) is 6.03. The highest BCUT2D eigenvalue weighted by Crippen LogP contribution is 2.42. The van der Waals surface area contributed by atoms with Crippen molar-refractivity contribution in [1.82, 2.24) is 29.8 Å². The summed E-state index contributed by atoms with van der Waals surface area (Å²) < 4.78 is 1.72. The molecule has 4 heterocycles. The Morgan fingerprint density at radius 3 is 2.96 bits per heavy atom. The molecule has 1 saturated carbocycles. The van der Waals surface area contributed by atoms with Crippen molar-refractivity contribution >= 4 is 17.5 Å². The van der Waals surface area contributed by atoms with E-state index in [0.29, 0.717) is 36.1 Å². The molecule has 0 aromatic carbocycles. The minimum Gasteiger partial charge on any atom is -0.356 e. The minimum atomic E-state index is -0.0279. The summed E-state index contributed by atoms with van der Waals surface area (Å²) in [6.45, 7) is 0.675. The lowest BCUT2D eigenvalue weighted by molar-refractivity contribution is -0.121. The van der Waals surface area contributed by atoms with Gasteiger partial charge in [-0.1, -0.05) is 0 Å². The van der Waals surface area contributed by atoms with Crippen LogP contribution < -0.4 is 5.32 Å². The summed E-state index contributed by atoms with van der Waals surface area (Å²) in [7, 11) is 0. The number of hydrogen-bond acceptors (Lipinski definition) is 5. The fourth-order valence-corrected chi connectivity index (χ4v) is 4.53. The molecule has 8 heteroatoms. The molecule has 2 saturated heterocycles. The smallest absolute Gasteiger partial charge is 0.274 e. The summed E-state index contributed by atoms with van der Waals surface area (Å²) in [6, 6.07) is 0.461. The Labute approximate surface area is 151 Å². The molecule has 1 aliphatic carbocycles. The first kappa shape index (κ1) is 15.7. The van der Waals surface area contributed by atoms with Gasteiger partial charge in [0.05, 0.1) is 6.20 Å². The Bertz CT molecular complexity index is 860. The Morgan fingerprint density at radius 1 is 1.23 bits per heavy atom. The first-order valence-corrected chi connectivity index (χ1v) is 9.44. The van der Waals surface area contributed by atoms with E-state index >= 15 is 0 Å². The summed E-state index contributed by atoms with van der Waals surface area (Å²) in [5.41, 5.74) is 1.05. The van der Waals surface area contributed by atoms with Gasteiger partial charge >= 0.3 is 0 Å². The zero-order valence-electron chi connectivity index (χ0n) is 14.5. The first-order chi connectivity index (χ1) is 12.7. The number of carbonyl (C=O) groups excluding carboxylic acids is 2. The van der Waals surface area contributed by atoms with Gasteiger partial charge in [0.25, 0.3) is 5.91 Å². The molecule has 8 nitrogen and oxygen atoms in total. The molecule has 2 aromatic rings. The van der Waals surface area contributed by atoms with Crippen LogP contribution in [0.4, 0.5) is 0 Å². The van der Waals surface area contributed by atoms with Gasteiger partial charge in [0, 0.05) is 31.2 Å². The first-order valence-electron chi connectivity index (χ1n) is 9.44. The van der Waals surface area contributed by atoms with E-state index in [-0.39, 0.29) is 23.9 Å². The van der Waals surface area contributed by atoms with Crippen molar-refractivity contribution in [3.05, 3.63) is 24.4 Å². The van der Waals surface area contributed by atoms with E-state index in [4.69, 9.17) is 0 Å². The fraction of sp³-hybridized carbons (Fsp3) is 0.611. The van der Waals surface area contributed by atoms with Crippen LogP contribution in [0.1, 0.15) is 49.0 Å². The largest absolute Gasteiger partial charge is 0.356 e. The number of fused-ring (bicyclic) bond motifs is 3. The quantitative estimate of drug-likeness (QED) is 0.866. The molecule has 2 amide bonds. The van der Waals surface area contributed by atoms with Gasteiger partial charge in [-0.25, -0.2) is 4.98 Å². The molecule has 2 aromatic heterocycles. The van der Waals surface area contributed by atoms with Crippen LogP contribution in [0.15, 0.2) is 18.7 Å². The second-order valence-corrected chi connectivity index (χ2v) is 7.83. The highest BCUT2D eigenvalue weighted by atomic mass is 16.2. The summed E-state index contributed by atoms with van der Waals surface area (Å²) in [5.74, 6) is 1.08. The fourth-order valence-electron chi connectivity index (χ4n) is 4.53. The van der Waals surface area contributed by atoms with Crippen LogP contribution in [0.2, 0.25) is 0 Å². The maximum absolute atomic E-state index is 13.0. The molecule has 3 fully saturated rings. The second-order valence-electron chi connectivity index (χ2n) is 7.83. The van der Waals surface area contributed by atoms with Crippen molar-refractivity contribution in [3.63, 3.8) is 0 Å². The van der Waals surface area contributed by atoms with Gasteiger partial charge in [-0.3, -0.25) is 14.0 Å². The number of amides is 2. The third-order valence-electron chi connectivity index (χ3n) is 6.03. The molecule has 3 unspecified atom stereocenters. The van der Waals surface area contributed by atoms with Crippen molar-refractivity contribution in [2.24, 2.45) is 11.8 Å². The molecule has 3 atom stereocenters. The number of aromatic nitrogens is 4. The van der Waals surface area contributed by atoms with Crippen molar-refractivity contribution in [3.8, 4) is 0 Å². The van der Waals surface area contributed by atoms with E-state index in [1.165, 1.54) is 12.8 Å². The molecule has 26 heavy (non-hydrogen) atoms. The molecular weight excluding hydrogens is 332 g/mol. The van der Waals surface area contributed by atoms with E-state index in [9.17, 15) is 9.59 Å². The summed E-state index contributed by atoms with van der Waals surface area (Å²) >= 11 is 0. The molecule has 136 valence electrons. The topological polar surface area (TPSA) is 92.5 Å². The van der Waals surface area contributed by atoms with Crippen LogP contribution in [-0.4, -0.2) is 54.9 Å². The molecular formula is C18H22N6O2.